The van der Waals surface area contributed by atoms with Crippen molar-refractivity contribution in [3.63, 3.8) is 0 Å². The number of likely N-dealkylation sites (N-methyl/N-ethyl adjacent to an activating group) is 1. The van der Waals surface area contributed by atoms with Crippen molar-refractivity contribution in [3.8, 4) is 0 Å². The Hall–Kier alpha value is -0.930. The Kier molecular flexibility index (Phi) is 4.36. The third-order valence-corrected chi connectivity index (χ3v) is 3.79. The van der Waals surface area contributed by atoms with Crippen molar-refractivity contribution >= 4 is 0 Å². The van der Waals surface area contributed by atoms with Gasteiger partial charge in [0.2, 0.25) is 0 Å². The molecule has 0 unspecified atom stereocenters. The second kappa shape index (κ2) is 5.81. The number of hydrogen-bond donors (Lipinski definition) is 0. The van der Waals surface area contributed by atoms with Gasteiger partial charge >= 0.3 is 0 Å². The molecule has 0 bridgehead atoms. The lowest BCUT2D eigenvalue weighted by Gasteiger charge is -2.38. The molecule has 1 aromatic heterocycles. The molecule has 2 heterocycles. The zero-order chi connectivity index (χ0) is 13.1. The van der Waals surface area contributed by atoms with E-state index in [1.54, 1.807) is 0 Å². The number of aromatic nitrogens is 1. The van der Waals surface area contributed by atoms with Crippen molar-refractivity contribution in [1.29, 1.82) is 0 Å². The Labute approximate surface area is 111 Å². The van der Waals surface area contributed by atoms with E-state index in [2.05, 4.69) is 54.7 Å². The summed E-state index contributed by atoms with van der Waals surface area (Å²) in [5.41, 5.74) is 2.51. The van der Waals surface area contributed by atoms with Gasteiger partial charge in [0.25, 0.3) is 0 Å². The topological polar surface area (TPSA) is 19.4 Å². The second-order valence-corrected chi connectivity index (χ2v) is 5.83. The molecule has 3 nitrogen and oxygen atoms in total. The highest BCUT2D eigenvalue weighted by Gasteiger charge is 2.21. The Morgan fingerprint density at radius 3 is 2.67 bits per heavy atom. The standard InChI is InChI=1S/C15H25N3/c1-12(2)15-6-5-14(9-16-15)11-18-8-7-17(4)10-13(18)3/h5-6,9,12-13H,7-8,10-11H2,1-4H3/t13-/m0/s1. The van der Waals surface area contributed by atoms with E-state index in [4.69, 9.17) is 0 Å². The first kappa shape index (κ1) is 13.5. The molecular weight excluding hydrogens is 222 g/mol. The molecule has 2 rings (SSSR count). The molecule has 1 atom stereocenters. The van der Waals surface area contributed by atoms with E-state index in [1.807, 2.05) is 6.20 Å². The molecule has 18 heavy (non-hydrogen) atoms. The van der Waals surface area contributed by atoms with Gasteiger partial charge in [0, 0.05) is 44.1 Å². The van der Waals surface area contributed by atoms with Gasteiger partial charge in [-0.25, -0.2) is 0 Å². The fourth-order valence-corrected chi connectivity index (χ4v) is 2.52. The lowest BCUT2D eigenvalue weighted by Crippen LogP contribution is -2.49. The fourth-order valence-electron chi connectivity index (χ4n) is 2.52. The Balaban J connectivity index is 1.96. The van der Waals surface area contributed by atoms with E-state index in [1.165, 1.54) is 17.8 Å². The molecule has 100 valence electrons. The number of pyridine rings is 1. The van der Waals surface area contributed by atoms with Crippen LogP contribution < -0.4 is 0 Å². The van der Waals surface area contributed by atoms with Gasteiger partial charge in [-0.05, 0) is 31.5 Å². The smallest absolute Gasteiger partial charge is 0.0429 e. The SMILES string of the molecule is CC(C)c1ccc(CN2CCN(C)C[C@@H]2C)cn1. The summed E-state index contributed by atoms with van der Waals surface area (Å²) in [7, 11) is 2.20. The minimum absolute atomic E-state index is 0.515. The zero-order valence-corrected chi connectivity index (χ0v) is 12.1. The van der Waals surface area contributed by atoms with Crippen LogP contribution in [0.5, 0.6) is 0 Å². The minimum atomic E-state index is 0.515. The first-order valence-corrected chi connectivity index (χ1v) is 6.93. The molecule has 0 aromatic carbocycles. The molecule has 0 aliphatic carbocycles. The first-order valence-electron chi connectivity index (χ1n) is 6.93. The van der Waals surface area contributed by atoms with Crippen molar-refractivity contribution < 1.29 is 0 Å². The summed E-state index contributed by atoms with van der Waals surface area (Å²) in [6, 6.07) is 5.03. The van der Waals surface area contributed by atoms with Crippen molar-refractivity contribution in [3.05, 3.63) is 29.6 Å². The molecule has 3 heteroatoms. The van der Waals surface area contributed by atoms with Crippen LogP contribution in [0.4, 0.5) is 0 Å². The summed E-state index contributed by atoms with van der Waals surface area (Å²) in [5, 5.41) is 0. The average molecular weight is 247 g/mol. The molecule has 1 aromatic rings. The maximum absolute atomic E-state index is 4.55. The maximum atomic E-state index is 4.55. The van der Waals surface area contributed by atoms with Crippen LogP contribution in [0, 0.1) is 0 Å². The monoisotopic (exact) mass is 247 g/mol. The predicted octanol–water partition coefficient (Wildman–Crippen LogP) is 2.34. The van der Waals surface area contributed by atoms with Gasteiger partial charge in [-0.3, -0.25) is 9.88 Å². The number of piperazine rings is 1. The first-order chi connectivity index (χ1) is 8.56. The van der Waals surface area contributed by atoms with Crippen LogP contribution >= 0.6 is 0 Å². The van der Waals surface area contributed by atoms with Gasteiger partial charge in [-0.1, -0.05) is 19.9 Å². The highest BCUT2D eigenvalue weighted by Crippen LogP contribution is 2.15. The quantitative estimate of drug-likeness (QED) is 0.817. The molecule has 1 aliphatic heterocycles. The molecule has 0 amide bonds. The van der Waals surface area contributed by atoms with Crippen molar-refractivity contribution in [1.82, 2.24) is 14.8 Å². The van der Waals surface area contributed by atoms with Crippen molar-refractivity contribution in [2.75, 3.05) is 26.7 Å². The van der Waals surface area contributed by atoms with Crippen molar-refractivity contribution in [2.45, 2.75) is 39.3 Å². The summed E-state index contributed by atoms with van der Waals surface area (Å²) in [6.45, 7) is 11.2. The second-order valence-electron chi connectivity index (χ2n) is 5.83. The van der Waals surface area contributed by atoms with Crippen molar-refractivity contribution in [2.24, 2.45) is 0 Å². The normalized spacial score (nSPS) is 22.6. The largest absolute Gasteiger partial charge is 0.304 e. The molecule has 0 radical (unpaired) electrons. The third-order valence-electron chi connectivity index (χ3n) is 3.79. The fraction of sp³-hybridized carbons (Fsp3) is 0.667. The zero-order valence-electron chi connectivity index (χ0n) is 12.1. The molecule has 0 spiro atoms. The van der Waals surface area contributed by atoms with Gasteiger partial charge in [0.15, 0.2) is 0 Å². The van der Waals surface area contributed by atoms with E-state index < -0.39 is 0 Å². The molecule has 1 saturated heterocycles. The van der Waals surface area contributed by atoms with Gasteiger partial charge in [-0.2, -0.15) is 0 Å². The lowest BCUT2D eigenvalue weighted by molar-refractivity contribution is 0.0937. The highest BCUT2D eigenvalue weighted by molar-refractivity contribution is 5.16. The summed E-state index contributed by atoms with van der Waals surface area (Å²) >= 11 is 0. The molecule has 0 saturated carbocycles. The van der Waals surface area contributed by atoms with E-state index in [0.717, 1.165) is 19.6 Å². The number of rotatable bonds is 3. The van der Waals surface area contributed by atoms with E-state index in [0.29, 0.717) is 12.0 Å². The maximum Gasteiger partial charge on any atom is 0.0429 e. The van der Waals surface area contributed by atoms with Gasteiger partial charge in [0.1, 0.15) is 0 Å². The molecule has 1 aliphatic rings. The van der Waals surface area contributed by atoms with E-state index in [-0.39, 0.29) is 0 Å². The number of nitrogens with zero attached hydrogens (tertiary/aromatic N) is 3. The lowest BCUT2D eigenvalue weighted by atomic mass is 10.1. The Bertz CT molecular complexity index is 372. The molecule has 1 fully saturated rings. The van der Waals surface area contributed by atoms with Gasteiger partial charge < -0.3 is 4.90 Å². The summed E-state index contributed by atoms with van der Waals surface area (Å²) < 4.78 is 0. The minimum Gasteiger partial charge on any atom is -0.304 e. The van der Waals surface area contributed by atoms with Crippen LogP contribution in [0.3, 0.4) is 0 Å². The van der Waals surface area contributed by atoms with Crippen LogP contribution in [-0.4, -0.2) is 47.5 Å². The molecular formula is C15H25N3. The molecule has 0 N–H and O–H groups in total. The van der Waals surface area contributed by atoms with Crippen LogP contribution in [0.25, 0.3) is 0 Å². The summed E-state index contributed by atoms with van der Waals surface area (Å²) in [5.74, 6) is 0.515. The van der Waals surface area contributed by atoms with Crippen LogP contribution in [0.1, 0.15) is 37.9 Å². The van der Waals surface area contributed by atoms with Crippen LogP contribution in [-0.2, 0) is 6.54 Å². The van der Waals surface area contributed by atoms with Gasteiger partial charge in [-0.15, -0.1) is 0 Å². The Morgan fingerprint density at radius 1 is 1.33 bits per heavy atom. The van der Waals surface area contributed by atoms with Crippen LogP contribution in [0.15, 0.2) is 18.3 Å². The number of hydrogen-bond acceptors (Lipinski definition) is 3. The average Bonchev–Trinajstić information content (AvgIpc) is 2.33. The highest BCUT2D eigenvalue weighted by atomic mass is 15.3. The Morgan fingerprint density at radius 2 is 2.11 bits per heavy atom. The van der Waals surface area contributed by atoms with Gasteiger partial charge in [0.05, 0.1) is 0 Å². The summed E-state index contributed by atoms with van der Waals surface area (Å²) in [4.78, 5) is 9.50. The van der Waals surface area contributed by atoms with E-state index in [9.17, 15) is 0 Å². The summed E-state index contributed by atoms with van der Waals surface area (Å²) in [6.07, 6.45) is 2.04. The third kappa shape index (κ3) is 3.30. The van der Waals surface area contributed by atoms with E-state index >= 15 is 0 Å². The predicted molar refractivity (Wildman–Crippen MR) is 75.7 cm³/mol. The van der Waals surface area contributed by atoms with Crippen LogP contribution in [0.2, 0.25) is 0 Å².